The Morgan fingerprint density at radius 1 is 1.47 bits per heavy atom. The van der Waals surface area contributed by atoms with Gasteiger partial charge < -0.3 is 10.4 Å². The molecule has 1 atom stereocenters. The molecule has 3 nitrogen and oxygen atoms in total. The lowest BCUT2D eigenvalue weighted by Gasteiger charge is -2.19. The van der Waals surface area contributed by atoms with Gasteiger partial charge in [-0.05, 0) is 30.5 Å². The Hall–Kier alpha value is -1.13. The molecule has 5 heteroatoms. The van der Waals surface area contributed by atoms with Crippen molar-refractivity contribution in [3.8, 4) is 0 Å². The van der Waals surface area contributed by atoms with E-state index in [4.69, 9.17) is 11.6 Å². The number of benzene rings is 1. The van der Waals surface area contributed by atoms with Crippen LogP contribution in [0, 0.1) is 11.7 Å². The number of aliphatic hydroxyl groups excluding tert-OH is 1. The maximum absolute atomic E-state index is 13.4. The topological polar surface area (TPSA) is 49.3 Å². The summed E-state index contributed by atoms with van der Waals surface area (Å²) in [7, 11) is 0. The molecule has 0 aromatic heterocycles. The molecule has 1 aliphatic carbocycles. The molecule has 1 amide bonds. The Morgan fingerprint density at radius 2 is 2.16 bits per heavy atom. The second-order valence-corrected chi connectivity index (χ2v) is 5.31. The molecule has 1 aromatic rings. The van der Waals surface area contributed by atoms with Gasteiger partial charge in [-0.25, -0.2) is 4.39 Å². The molecule has 19 heavy (non-hydrogen) atoms. The molecule has 1 aliphatic rings. The maximum Gasteiger partial charge on any atom is 0.223 e. The summed E-state index contributed by atoms with van der Waals surface area (Å²) in [5.74, 6) is -0.592. The first kappa shape index (κ1) is 14.3. The minimum absolute atomic E-state index is 0.0196. The van der Waals surface area contributed by atoms with E-state index < -0.39 is 11.9 Å². The smallest absolute Gasteiger partial charge is 0.223 e. The van der Waals surface area contributed by atoms with Gasteiger partial charge in [-0.15, -0.1) is 0 Å². The highest BCUT2D eigenvalue weighted by Crippen LogP contribution is 2.26. The summed E-state index contributed by atoms with van der Waals surface area (Å²) in [5, 5.41) is 12.2. The molecular weight excluding hydrogens is 269 g/mol. The van der Waals surface area contributed by atoms with E-state index in [1.807, 2.05) is 0 Å². The lowest BCUT2D eigenvalue weighted by atomic mass is 10.0. The lowest BCUT2D eigenvalue weighted by Crippen LogP contribution is -2.34. The average molecular weight is 286 g/mol. The highest BCUT2D eigenvalue weighted by molar-refractivity contribution is 6.30. The van der Waals surface area contributed by atoms with Crippen molar-refractivity contribution in [1.29, 1.82) is 0 Å². The van der Waals surface area contributed by atoms with Crippen molar-refractivity contribution in [2.24, 2.45) is 5.92 Å². The van der Waals surface area contributed by atoms with Crippen molar-refractivity contribution in [3.63, 3.8) is 0 Å². The van der Waals surface area contributed by atoms with E-state index in [0.717, 1.165) is 25.7 Å². The summed E-state index contributed by atoms with van der Waals surface area (Å²) in [5.41, 5.74) is 0.524. The van der Waals surface area contributed by atoms with Gasteiger partial charge in [0.15, 0.2) is 0 Å². The number of hydrogen-bond donors (Lipinski definition) is 2. The minimum atomic E-state index is -0.583. The number of nitrogens with one attached hydrogen (secondary N) is 1. The molecule has 0 bridgehead atoms. The van der Waals surface area contributed by atoms with Crippen molar-refractivity contribution >= 4 is 17.5 Å². The van der Waals surface area contributed by atoms with Crippen LogP contribution in [0.3, 0.4) is 0 Å². The predicted octanol–water partition coefficient (Wildman–Crippen LogP) is 2.82. The van der Waals surface area contributed by atoms with Crippen molar-refractivity contribution in [2.75, 3.05) is 6.61 Å². The van der Waals surface area contributed by atoms with E-state index in [0.29, 0.717) is 5.56 Å². The molecule has 1 unspecified atom stereocenters. The van der Waals surface area contributed by atoms with Crippen molar-refractivity contribution in [1.82, 2.24) is 5.32 Å². The summed E-state index contributed by atoms with van der Waals surface area (Å²) in [6.07, 6.45) is 3.91. The van der Waals surface area contributed by atoms with Crippen LogP contribution < -0.4 is 5.32 Å². The number of halogens is 2. The highest BCUT2D eigenvalue weighted by atomic mass is 35.5. The van der Waals surface area contributed by atoms with E-state index in [1.54, 1.807) is 6.07 Å². The number of hydrogen-bond acceptors (Lipinski definition) is 2. The zero-order chi connectivity index (χ0) is 13.8. The number of amides is 1. The third-order valence-corrected chi connectivity index (χ3v) is 3.88. The molecular formula is C14H17ClFNO2. The monoisotopic (exact) mass is 285 g/mol. The van der Waals surface area contributed by atoms with Gasteiger partial charge in [0.25, 0.3) is 0 Å². The fourth-order valence-electron chi connectivity index (χ4n) is 2.44. The van der Waals surface area contributed by atoms with Crippen LogP contribution in [0.4, 0.5) is 4.39 Å². The maximum atomic E-state index is 13.4. The highest BCUT2D eigenvalue weighted by Gasteiger charge is 2.25. The second-order valence-electron chi connectivity index (χ2n) is 4.90. The Morgan fingerprint density at radius 3 is 2.74 bits per heavy atom. The molecule has 2 rings (SSSR count). The molecule has 0 radical (unpaired) electrons. The Bertz CT molecular complexity index is 461. The van der Waals surface area contributed by atoms with Crippen LogP contribution in [0.15, 0.2) is 18.2 Å². The summed E-state index contributed by atoms with van der Waals surface area (Å²) in [6, 6.07) is 3.70. The largest absolute Gasteiger partial charge is 0.394 e. The fourth-order valence-corrected chi connectivity index (χ4v) is 2.56. The predicted molar refractivity (Wildman–Crippen MR) is 71.3 cm³/mol. The Kier molecular flexibility index (Phi) is 4.77. The third kappa shape index (κ3) is 3.45. The van der Waals surface area contributed by atoms with Crippen molar-refractivity contribution in [2.45, 2.75) is 31.7 Å². The summed E-state index contributed by atoms with van der Waals surface area (Å²) < 4.78 is 13.4. The van der Waals surface area contributed by atoms with Crippen molar-refractivity contribution < 1.29 is 14.3 Å². The fraction of sp³-hybridized carbons (Fsp3) is 0.500. The Labute approximate surface area is 116 Å². The standard InChI is InChI=1S/C14H17ClFNO2/c15-11-6-5-10(7-12(11)16)13(8-18)17-14(19)9-3-1-2-4-9/h5-7,9,13,18H,1-4,8H2,(H,17,19). The molecule has 1 aromatic carbocycles. The number of carbonyl (C=O) groups is 1. The molecule has 0 aliphatic heterocycles. The van der Waals surface area contributed by atoms with Gasteiger partial charge >= 0.3 is 0 Å². The van der Waals surface area contributed by atoms with Crippen LogP contribution in [0.25, 0.3) is 0 Å². The van der Waals surface area contributed by atoms with Crippen LogP contribution in [-0.4, -0.2) is 17.6 Å². The second kappa shape index (κ2) is 6.35. The van der Waals surface area contributed by atoms with E-state index in [1.165, 1.54) is 12.1 Å². The normalized spacial score (nSPS) is 17.4. The van der Waals surface area contributed by atoms with Crippen LogP contribution >= 0.6 is 11.6 Å². The van der Waals surface area contributed by atoms with E-state index >= 15 is 0 Å². The number of aliphatic hydroxyl groups is 1. The van der Waals surface area contributed by atoms with Gasteiger partial charge in [0.1, 0.15) is 5.82 Å². The number of rotatable bonds is 4. The quantitative estimate of drug-likeness (QED) is 0.894. The van der Waals surface area contributed by atoms with Gasteiger partial charge in [0, 0.05) is 5.92 Å². The number of carbonyl (C=O) groups excluding carboxylic acids is 1. The first-order valence-corrected chi connectivity index (χ1v) is 6.86. The summed E-state index contributed by atoms with van der Waals surface area (Å²) in [4.78, 5) is 12.0. The van der Waals surface area contributed by atoms with E-state index in [9.17, 15) is 14.3 Å². The molecule has 0 spiro atoms. The zero-order valence-electron chi connectivity index (χ0n) is 10.5. The van der Waals surface area contributed by atoms with Crippen molar-refractivity contribution in [3.05, 3.63) is 34.6 Å². The molecule has 1 fully saturated rings. The van der Waals surface area contributed by atoms with E-state index in [-0.39, 0.29) is 23.5 Å². The summed E-state index contributed by atoms with van der Waals surface area (Å²) in [6.45, 7) is -0.264. The Balaban J connectivity index is 2.06. The van der Waals surface area contributed by atoms with Gasteiger partial charge in [0.05, 0.1) is 17.7 Å². The van der Waals surface area contributed by atoms with Gasteiger partial charge in [0.2, 0.25) is 5.91 Å². The SMILES string of the molecule is O=C(NC(CO)c1ccc(Cl)c(F)c1)C1CCCC1. The van der Waals surface area contributed by atoms with Gasteiger partial charge in [-0.3, -0.25) is 4.79 Å². The third-order valence-electron chi connectivity index (χ3n) is 3.57. The molecule has 0 saturated heterocycles. The van der Waals surface area contributed by atoms with Gasteiger partial charge in [-0.1, -0.05) is 30.5 Å². The van der Waals surface area contributed by atoms with Gasteiger partial charge in [-0.2, -0.15) is 0 Å². The average Bonchev–Trinajstić information content (AvgIpc) is 2.93. The van der Waals surface area contributed by atoms with Crippen LogP contribution in [0.5, 0.6) is 0 Å². The summed E-state index contributed by atoms with van der Waals surface area (Å²) >= 11 is 5.61. The molecule has 2 N–H and O–H groups in total. The molecule has 104 valence electrons. The van der Waals surface area contributed by atoms with Crippen LogP contribution in [-0.2, 0) is 4.79 Å². The zero-order valence-corrected chi connectivity index (χ0v) is 11.3. The first-order chi connectivity index (χ1) is 9.11. The van der Waals surface area contributed by atoms with E-state index in [2.05, 4.69) is 5.32 Å². The molecule has 1 saturated carbocycles. The lowest BCUT2D eigenvalue weighted by molar-refractivity contribution is -0.125. The minimum Gasteiger partial charge on any atom is -0.394 e. The van der Waals surface area contributed by atoms with Crippen LogP contribution in [0.2, 0.25) is 5.02 Å². The van der Waals surface area contributed by atoms with Crippen LogP contribution in [0.1, 0.15) is 37.3 Å². The first-order valence-electron chi connectivity index (χ1n) is 6.48. The molecule has 0 heterocycles.